The van der Waals surface area contributed by atoms with Crippen LogP contribution in [0, 0.1) is 11.8 Å². The third kappa shape index (κ3) is 7.59. The van der Waals surface area contributed by atoms with Crippen LogP contribution in [-0.4, -0.2) is 86.9 Å². The Balaban J connectivity index is 1.88. The highest BCUT2D eigenvalue weighted by Gasteiger charge is 2.24. The Hall–Kier alpha value is -0.850. The molecule has 2 aliphatic rings. The number of nitrogens with one attached hydrogen (secondary N) is 2. The second-order valence-corrected chi connectivity index (χ2v) is 8.66. The van der Waals surface area contributed by atoms with E-state index in [9.17, 15) is 0 Å². The number of hydrogen-bond acceptors (Lipinski definition) is 4. The van der Waals surface area contributed by atoms with E-state index in [2.05, 4.69) is 55.1 Å². The highest BCUT2D eigenvalue weighted by molar-refractivity contribution is 5.79. The van der Waals surface area contributed by atoms with Crippen LogP contribution in [0.5, 0.6) is 0 Å². The molecule has 0 aromatic heterocycles. The standard InChI is InChI=1S/C21H43N5O/c1-6-22-21(23-14-19-8-7-9-26(16-19)18(4)5)24-15-20(17(2)3)25-10-12-27-13-11-25/h17-20H,6-16H2,1-5H3,(H2,22,23,24). The minimum atomic E-state index is 0.482. The molecule has 2 unspecified atom stereocenters. The molecule has 0 bridgehead atoms. The summed E-state index contributed by atoms with van der Waals surface area (Å²) in [5, 5.41) is 7.05. The van der Waals surface area contributed by atoms with Gasteiger partial charge in [-0.2, -0.15) is 0 Å². The Bertz CT molecular complexity index is 434. The molecule has 2 aliphatic heterocycles. The second-order valence-electron chi connectivity index (χ2n) is 8.66. The van der Waals surface area contributed by atoms with Crippen LogP contribution < -0.4 is 10.6 Å². The van der Waals surface area contributed by atoms with Crippen molar-refractivity contribution < 1.29 is 4.74 Å². The van der Waals surface area contributed by atoms with Gasteiger partial charge >= 0.3 is 0 Å². The van der Waals surface area contributed by atoms with Crippen molar-refractivity contribution in [2.24, 2.45) is 16.8 Å². The van der Waals surface area contributed by atoms with Gasteiger partial charge < -0.3 is 20.3 Å². The van der Waals surface area contributed by atoms with Crippen molar-refractivity contribution in [1.29, 1.82) is 0 Å². The van der Waals surface area contributed by atoms with Gasteiger partial charge in [-0.25, -0.2) is 0 Å². The van der Waals surface area contributed by atoms with E-state index in [-0.39, 0.29) is 0 Å². The summed E-state index contributed by atoms with van der Waals surface area (Å²) in [5.74, 6) is 2.27. The maximum atomic E-state index is 5.52. The first-order valence-electron chi connectivity index (χ1n) is 11.1. The molecule has 6 heteroatoms. The summed E-state index contributed by atoms with van der Waals surface area (Å²) < 4.78 is 5.52. The molecule has 0 amide bonds. The first-order chi connectivity index (χ1) is 13.0. The van der Waals surface area contributed by atoms with E-state index in [0.717, 1.165) is 51.9 Å². The summed E-state index contributed by atoms with van der Waals surface area (Å²) in [5.41, 5.74) is 0. The highest BCUT2D eigenvalue weighted by Crippen LogP contribution is 2.18. The number of ether oxygens (including phenoxy) is 1. The normalized spacial score (nSPS) is 24.4. The van der Waals surface area contributed by atoms with Gasteiger partial charge in [-0.05, 0) is 52.0 Å². The van der Waals surface area contributed by atoms with E-state index in [1.54, 1.807) is 0 Å². The van der Waals surface area contributed by atoms with Gasteiger partial charge in [-0.3, -0.25) is 9.89 Å². The molecule has 0 aliphatic carbocycles. The average molecular weight is 382 g/mol. The number of hydrogen-bond donors (Lipinski definition) is 2. The minimum absolute atomic E-state index is 0.482. The molecule has 2 fully saturated rings. The minimum Gasteiger partial charge on any atom is -0.379 e. The smallest absolute Gasteiger partial charge is 0.191 e. The number of piperidine rings is 1. The van der Waals surface area contributed by atoms with Crippen molar-refractivity contribution in [3.05, 3.63) is 0 Å². The lowest BCUT2D eigenvalue weighted by atomic mass is 9.97. The van der Waals surface area contributed by atoms with Crippen molar-refractivity contribution in [1.82, 2.24) is 20.4 Å². The Labute approximate surface area is 167 Å². The molecule has 2 heterocycles. The van der Waals surface area contributed by atoms with Crippen LogP contribution in [0.4, 0.5) is 0 Å². The van der Waals surface area contributed by atoms with Crippen LogP contribution in [0.25, 0.3) is 0 Å². The van der Waals surface area contributed by atoms with Crippen molar-refractivity contribution in [3.8, 4) is 0 Å². The van der Waals surface area contributed by atoms with Gasteiger partial charge in [0.05, 0.1) is 19.8 Å². The predicted molar refractivity (Wildman–Crippen MR) is 114 cm³/mol. The average Bonchev–Trinajstić information content (AvgIpc) is 2.67. The maximum absolute atomic E-state index is 5.52. The molecule has 0 aromatic carbocycles. The molecule has 158 valence electrons. The third-order valence-electron chi connectivity index (χ3n) is 5.90. The summed E-state index contributed by atoms with van der Waals surface area (Å²) in [6.07, 6.45) is 2.63. The number of nitrogens with zero attached hydrogens (tertiary/aromatic N) is 3. The van der Waals surface area contributed by atoms with Crippen LogP contribution in [-0.2, 0) is 4.74 Å². The van der Waals surface area contributed by atoms with Gasteiger partial charge in [0.1, 0.15) is 0 Å². The molecule has 27 heavy (non-hydrogen) atoms. The molecule has 2 saturated heterocycles. The number of likely N-dealkylation sites (tertiary alicyclic amines) is 1. The predicted octanol–water partition coefficient (Wildman–Crippen LogP) is 2.02. The first-order valence-corrected chi connectivity index (χ1v) is 11.1. The Morgan fingerprint density at radius 3 is 2.44 bits per heavy atom. The number of rotatable bonds is 8. The molecule has 2 rings (SSSR count). The Kier molecular flexibility index (Phi) is 9.87. The molecule has 2 N–H and O–H groups in total. The zero-order chi connectivity index (χ0) is 19.6. The summed E-state index contributed by atoms with van der Waals surface area (Å²) in [7, 11) is 0. The fraction of sp³-hybridized carbons (Fsp3) is 0.952. The zero-order valence-electron chi connectivity index (χ0n) is 18.3. The van der Waals surface area contributed by atoms with Gasteiger partial charge in [0.25, 0.3) is 0 Å². The molecule has 0 radical (unpaired) electrons. The lowest BCUT2D eigenvalue weighted by Crippen LogP contribution is -2.49. The number of morpholine rings is 1. The van der Waals surface area contributed by atoms with Gasteiger partial charge in [0.15, 0.2) is 5.96 Å². The van der Waals surface area contributed by atoms with Crippen LogP contribution >= 0.6 is 0 Å². The largest absolute Gasteiger partial charge is 0.379 e. The number of aliphatic imine (C=N–C) groups is 1. The lowest BCUT2D eigenvalue weighted by Gasteiger charge is -2.36. The highest BCUT2D eigenvalue weighted by atomic mass is 16.5. The fourth-order valence-electron chi connectivity index (χ4n) is 4.16. The van der Waals surface area contributed by atoms with Crippen molar-refractivity contribution in [2.45, 2.75) is 59.5 Å². The van der Waals surface area contributed by atoms with Crippen LogP contribution in [0.15, 0.2) is 4.99 Å². The summed E-state index contributed by atoms with van der Waals surface area (Å²) in [4.78, 5) is 10.1. The van der Waals surface area contributed by atoms with E-state index in [0.29, 0.717) is 23.9 Å². The number of guanidine groups is 1. The SMILES string of the molecule is CCNC(=NCC(C(C)C)N1CCOCC1)NCC1CCCN(C(C)C)C1. The lowest BCUT2D eigenvalue weighted by molar-refractivity contribution is 0.00867. The van der Waals surface area contributed by atoms with Gasteiger partial charge in [-0.15, -0.1) is 0 Å². The summed E-state index contributed by atoms with van der Waals surface area (Å²) in [6.45, 7) is 20.3. The van der Waals surface area contributed by atoms with Gasteiger partial charge in [0, 0.05) is 44.8 Å². The van der Waals surface area contributed by atoms with Crippen molar-refractivity contribution in [3.63, 3.8) is 0 Å². The van der Waals surface area contributed by atoms with Crippen molar-refractivity contribution in [2.75, 3.05) is 59.0 Å². The Morgan fingerprint density at radius 1 is 1.07 bits per heavy atom. The second kappa shape index (κ2) is 11.9. The molecule has 0 spiro atoms. The summed E-state index contributed by atoms with van der Waals surface area (Å²) >= 11 is 0. The molecule has 2 atom stereocenters. The molecule has 6 nitrogen and oxygen atoms in total. The third-order valence-corrected chi connectivity index (χ3v) is 5.90. The molecule has 0 aromatic rings. The van der Waals surface area contributed by atoms with Gasteiger partial charge in [0.2, 0.25) is 0 Å². The van der Waals surface area contributed by atoms with Crippen molar-refractivity contribution >= 4 is 5.96 Å². The molecular formula is C21H43N5O. The summed E-state index contributed by atoms with van der Waals surface area (Å²) in [6, 6.07) is 1.13. The maximum Gasteiger partial charge on any atom is 0.191 e. The van der Waals surface area contributed by atoms with E-state index >= 15 is 0 Å². The fourth-order valence-corrected chi connectivity index (χ4v) is 4.16. The van der Waals surface area contributed by atoms with E-state index < -0.39 is 0 Å². The zero-order valence-corrected chi connectivity index (χ0v) is 18.3. The monoisotopic (exact) mass is 381 g/mol. The molecule has 0 saturated carbocycles. The van der Waals surface area contributed by atoms with Crippen LogP contribution in [0.3, 0.4) is 0 Å². The van der Waals surface area contributed by atoms with Crippen LogP contribution in [0.1, 0.15) is 47.5 Å². The van der Waals surface area contributed by atoms with Gasteiger partial charge in [-0.1, -0.05) is 13.8 Å². The van der Waals surface area contributed by atoms with E-state index in [1.165, 1.54) is 25.9 Å². The first kappa shape index (κ1) is 22.4. The topological polar surface area (TPSA) is 52.1 Å². The Morgan fingerprint density at radius 2 is 1.81 bits per heavy atom. The quantitative estimate of drug-likeness (QED) is 0.498. The van der Waals surface area contributed by atoms with E-state index in [1.807, 2.05) is 0 Å². The molecular weight excluding hydrogens is 338 g/mol. The van der Waals surface area contributed by atoms with E-state index in [4.69, 9.17) is 9.73 Å². The van der Waals surface area contributed by atoms with Crippen LogP contribution in [0.2, 0.25) is 0 Å².